The first-order chi connectivity index (χ1) is 11.3. The Balaban J connectivity index is 2.54. The Morgan fingerprint density at radius 1 is 0.783 bits per heavy atom. The minimum Gasteiger partial charge on any atom is -0.493 e. The van der Waals surface area contributed by atoms with Gasteiger partial charge in [-0.2, -0.15) is 0 Å². The summed E-state index contributed by atoms with van der Waals surface area (Å²) in [5.41, 5.74) is 1.19. The molecular weight excluding hydrogens is 284 g/mol. The fraction of sp³-hybridized carbons (Fsp3) is 0.667. The standard InChI is InChI=1S/C21H35O2/c1-4-7-9-11-17-22-20-15-13-16-21(19(20)14-6-3)23-18-12-10-8-5-2/h13,15-16H,3-12,14,17-18H2,1-2H3. The summed E-state index contributed by atoms with van der Waals surface area (Å²) in [5.74, 6) is 1.97. The molecule has 23 heavy (non-hydrogen) atoms. The molecular formula is C21H35O2. The second-order valence-corrected chi connectivity index (χ2v) is 6.15. The van der Waals surface area contributed by atoms with E-state index in [9.17, 15) is 0 Å². The molecule has 0 aromatic heterocycles. The molecule has 0 aliphatic heterocycles. The number of unbranched alkanes of at least 4 members (excludes halogenated alkanes) is 6. The van der Waals surface area contributed by atoms with Crippen molar-refractivity contribution >= 4 is 0 Å². The minimum absolute atomic E-state index is 0.796. The number of hydrogen-bond donors (Lipinski definition) is 0. The summed E-state index contributed by atoms with van der Waals surface area (Å²) in [6, 6.07) is 6.17. The van der Waals surface area contributed by atoms with E-state index in [4.69, 9.17) is 9.47 Å². The normalized spacial score (nSPS) is 10.7. The Kier molecular flexibility index (Phi) is 11.5. The lowest BCUT2D eigenvalue weighted by Gasteiger charge is -2.16. The maximum absolute atomic E-state index is 6.01. The number of rotatable bonds is 14. The second kappa shape index (κ2) is 13.3. The van der Waals surface area contributed by atoms with Gasteiger partial charge in [0.15, 0.2) is 0 Å². The van der Waals surface area contributed by atoms with E-state index in [0.717, 1.165) is 50.4 Å². The van der Waals surface area contributed by atoms with Gasteiger partial charge in [-0.25, -0.2) is 0 Å². The second-order valence-electron chi connectivity index (χ2n) is 6.15. The van der Waals surface area contributed by atoms with Gasteiger partial charge in [0.25, 0.3) is 0 Å². The molecule has 0 fully saturated rings. The van der Waals surface area contributed by atoms with Crippen molar-refractivity contribution in [2.45, 2.75) is 78.1 Å². The molecule has 0 saturated heterocycles. The van der Waals surface area contributed by atoms with Gasteiger partial charge in [0.05, 0.1) is 13.2 Å². The van der Waals surface area contributed by atoms with Crippen molar-refractivity contribution in [1.29, 1.82) is 0 Å². The summed E-state index contributed by atoms with van der Waals surface area (Å²) in [6.45, 7) is 10.0. The van der Waals surface area contributed by atoms with Gasteiger partial charge in [-0.05, 0) is 37.8 Å². The van der Waals surface area contributed by atoms with Gasteiger partial charge in [-0.15, -0.1) is 0 Å². The van der Waals surface area contributed by atoms with Crippen LogP contribution in [0.4, 0.5) is 0 Å². The van der Waals surface area contributed by atoms with Gasteiger partial charge in [-0.1, -0.05) is 65.4 Å². The molecule has 2 nitrogen and oxygen atoms in total. The molecule has 0 saturated carbocycles. The summed E-state index contributed by atoms with van der Waals surface area (Å²) in [5, 5.41) is 0. The Bertz CT molecular complexity index is 369. The summed E-state index contributed by atoms with van der Waals surface area (Å²) in [7, 11) is 0. The zero-order valence-electron chi connectivity index (χ0n) is 15.2. The van der Waals surface area contributed by atoms with Crippen LogP contribution in [0.15, 0.2) is 18.2 Å². The molecule has 0 unspecified atom stereocenters. The molecule has 1 aromatic carbocycles. The highest BCUT2D eigenvalue weighted by molar-refractivity contribution is 5.45. The summed E-state index contributed by atoms with van der Waals surface area (Å²) in [6.07, 6.45) is 11.6. The Hall–Kier alpha value is -1.18. The van der Waals surface area contributed by atoms with Gasteiger partial charge in [0, 0.05) is 5.56 Å². The van der Waals surface area contributed by atoms with Crippen molar-refractivity contribution in [3.05, 3.63) is 30.7 Å². The zero-order valence-corrected chi connectivity index (χ0v) is 15.2. The highest BCUT2D eigenvalue weighted by Gasteiger charge is 2.10. The van der Waals surface area contributed by atoms with Crippen LogP contribution >= 0.6 is 0 Å². The highest BCUT2D eigenvalue weighted by Crippen LogP contribution is 2.30. The molecule has 131 valence electrons. The third-order valence-corrected chi connectivity index (χ3v) is 4.03. The van der Waals surface area contributed by atoms with E-state index in [1.54, 1.807) is 0 Å². The molecule has 0 spiro atoms. The van der Waals surface area contributed by atoms with Crippen molar-refractivity contribution in [3.8, 4) is 11.5 Å². The average molecular weight is 320 g/mol. The Labute approximate surface area is 143 Å². The van der Waals surface area contributed by atoms with E-state index >= 15 is 0 Å². The van der Waals surface area contributed by atoms with Crippen molar-refractivity contribution in [2.75, 3.05) is 13.2 Å². The predicted octanol–water partition coefficient (Wildman–Crippen LogP) is 6.37. The molecule has 1 rings (SSSR count). The van der Waals surface area contributed by atoms with Gasteiger partial charge in [0.2, 0.25) is 0 Å². The van der Waals surface area contributed by atoms with E-state index in [-0.39, 0.29) is 0 Å². The topological polar surface area (TPSA) is 18.5 Å². The molecule has 0 bridgehead atoms. The quantitative estimate of drug-likeness (QED) is 0.371. The van der Waals surface area contributed by atoms with Crippen LogP contribution in [0.25, 0.3) is 0 Å². The average Bonchev–Trinajstić information content (AvgIpc) is 2.56. The van der Waals surface area contributed by atoms with Crippen LogP contribution < -0.4 is 9.47 Å². The van der Waals surface area contributed by atoms with Crippen molar-refractivity contribution in [1.82, 2.24) is 0 Å². The fourth-order valence-corrected chi connectivity index (χ4v) is 2.66. The zero-order chi connectivity index (χ0) is 16.8. The van der Waals surface area contributed by atoms with Gasteiger partial charge < -0.3 is 9.47 Å². The first kappa shape index (κ1) is 19.9. The first-order valence-corrected chi connectivity index (χ1v) is 9.50. The molecule has 1 aromatic rings. The third-order valence-electron chi connectivity index (χ3n) is 4.03. The molecule has 0 atom stereocenters. The first-order valence-electron chi connectivity index (χ1n) is 9.50. The predicted molar refractivity (Wildman–Crippen MR) is 99.4 cm³/mol. The van der Waals surface area contributed by atoms with E-state index < -0.39 is 0 Å². The van der Waals surface area contributed by atoms with Gasteiger partial charge in [-0.3, -0.25) is 0 Å². The molecule has 0 aliphatic carbocycles. The minimum atomic E-state index is 0.796. The van der Waals surface area contributed by atoms with Crippen molar-refractivity contribution < 1.29 is 9.47 Å². The Morgan fingerprint density at radius 3 is 1.74 bits per heavy atom. The largest absolute Gasteiger partial charge is 0.493 e. The monoisotopic (exact) mass is 319 g/mol. The van der Waals surface area contributed by atoms with E-state index in [1.165, 1.54) is 44.1 Å². The molecule has 0 aliphatic rings. The van der Waals surface area contributed by atoms with Gasteiger partial charge >= 0.3 is 0 Å². The SMILES string of the molecule is [CH2]CCc1c(OCCCCCC)cccc1OCCCCCC. The molecule has 0 amide bonds. The van der Waals surface area contributed by atoms with E-state index in [1.807, 2.05) is 6.07 Å². The lowest BCUT2D eigenvalue weighted by molar-refractivity contribution is 0.285. The van der Waals surface area contributed by atoms with E-state index in [2.05, 4.69) is 32.9 Å². The lowest BCUT2D eigenvalue weighted by Crippen LogP contribution is -2.04. The van der Waals surface area contributed by atoms with E-state index in [0.29, 0.717) is 0 Å². The van der Waals surface area contributed by atoms with Gasteiger partial charge in [0.1, 0.15) is 11.5 Å². The van der Waals surface area contributed by atoms with Crippen LogP contribution in [0, 0.1) is 6.92 Å². The summed E-state index contributed by atoms with van der Waals surface area (Å²) >= 11 is 0. The van der Waals surface area contributed by atoms with Crippen molar-refractivity contribution in [3.63, 3.8) is 0 Å². The van der Waals surface area contributed by atoms with Crippen LogP contribution in [0.5, 0.6) is 11.5 Å². The maximum atomic E-state index is 6.01. The van der Waals surface area contributed by atoms with Crippen LogP contribution in [0.2, 0.25) is 0 Å². The van der Waals surface area contributed by atoms with Crippen LogP contribution in [-0.2, 0) is 6.42 Å². The van der Waals surface area contributed by atoms with Crippen LogP contribution in [0.1, 0.15) is 77.2 Å². The summed E-state index contributed by atoms with van der Waals surface area (Å²) < 4.78 is 12.0. The third kappa shape index (κ3) is 8.29. The van der Waals surface area contributed by atoms with Crippen LogP contribution in [0.3, 0.4) is 0 Å². The molecule has 1 radical (unpaired) electrons. The highest BCUT2D eigenvalue weighted by atomic mass is 16.5. The lowest BCUT2D eigenvalue weighted by atomic mass is 10.1. The maximum Gasteiger partial charge on any atom is 0.126 e. The van der Waals surface area contributed by atoms with Crippen molar-refractivity contribution in [2.24, 2.45) is 0 Å². The molecule has 0 heterocycles. The molecule has 2 heteroatoms. The van der Waals surface area contributed by atoms with Crippen LogP contribution in [-0.4, -0.2) is 13.2 Å². The summed E-state index contributed by atoms with van der Waals surface area (Å²) in [4.78, 5) is 0. The number of benzene rings is 1. The number of hydrogen-bond acceptors (Lipinski definition) is 2. The molecule has 0 N–H and O–H groups in total. The number of ether oxygens (including phenoxy) is 2. The Morgan fingerprint density at radius 2 is 1.30 bits per heavy atom. The smallest absolute Gasteiger partial charge is 0.126 e. The fourth-order valence-electron chi connectivity index (χ4n) is 2.66.